The number of aliphatic hydroxyl groups excluding tert-OH is 2. The summed E-state index contributed by atoms with van der Waals surface area (Å²) in [6, 6.07) is -0.725. The summed E-state index contributed by atoms with van der Waals surface area (Å²) >= 11 is 0. The first-order valence-corrected chi connectivity index (χ1v) is 22.1. The van der Waals surface area contributed by atoms with Crippen molar-refractivity contribution in [1.29, 1.82) is 0 Å². The van der Waals surface area contributed by atoms with Gasteiger partial charge in [-0.1, -0.05) is 200 Å². The zero-order valence-electron chi connectivity index (χ0n) is 34.0. The van der Waals surface area contributed by atoms with Crippen molar-refractivity contribution in [3.63, 3.8) is 0 Å². The van der Waals surface area contributed by atoms with Crippen LogP contribution in [0.4, 0.5) is 0 Å². The monoisotopic (exact) mass is 720 g/mol. The van der Waals surface area contributed by atoms with Crippen molar-refractivity contribution in [2.75, 3.05) is 6.61 Å². The maximum Gasteiger partial charge on any atom is 0.306 e. The van der Waals surface area contributed by atoms with Crippen LogP contribution in [0.2, 0.25) is 0 Å². The molecule has 0 rings (SSSR count). The van der Waals surface area contributed by atoms with Gasteiger partial charge in [0.2, 0.25) is 5.91 Å². The predicted octanol–water partition coefficient (Wildman–Crippen LogP) is 12.4. The normalized spacial score (nSPS) is 13.6. The number of carbonyl (C=O) groups excluding carboxylic acids is 2. The Bertz CT molecular complexity index is 812. The number of aliphatic hydroxyl groups is 2. The fourth-order valence-electron chi connectivity index (χ4n) is 6.63. The van der Waals surface area contributed by atoms with E-state index in [4.69, 9.17) is 4.74 Å². The van der Waals surface area contributed by atoms with Gasteiger partial charge in [0.05, 0.1) is 25.2 Å². The van der Waals surface area contributed by atoms with Gasteiger partial charge in [0.15, 0.2) is 0 Å². The third kappa shape index (κ3) is 35.2. The Kier molecular flexibility index (Phi) is 38.3. The molecule has 0 aliphatic heterocycles. The molecule has 0 aliphatic rings. The molecule has 0 aromatic carbocycles. The Morgan fingerprint density at radius 3 is 1.53 bits per heavy atom. The largest absolute Gasteiger partial charge is 0.458 e. The number of rotatable bonds is 39. The maximum atomic E-state index is 13.0. The molecule has 0 saturated heterocycles. The van der Waals surface area contributed by atoms with E-state index in [1.54, 1.807) is 0 Å². The molecule has 0 spiro atoms. The van der Waals surface area contributed by atoms with E-state index >= 15 is 0 Å². The number of esters is 1. The van der Waals surface area contributed by atoms with E-state index in [0.717, 1.165) is 51.4 Å². The first kappa shape index (κ1) is 49.3. The summed E-state index contributed by atoms with van der Waals surface area (Å²) in [5.74, 6) is -0.600. The van der Waals surface area contributed by atoms with Gasteiger partial charge in [-0.05, 0) is 38.2 Å². The third-order valence-corrected chi connectivity index (χ3v) is 10.0. The van der Waals surface area contributed by atoms with E-state index in [0.29, 0.717) is 12.8 Å². The van der Waals surface area contributed by atoms with E-state index in [9.17, 15) is 19.8 Å². The second-order valence-electron chi connectivity index (χ2n) is 15.1. The molecular formula is C45H85NO5. The molecule has 0 saturated carbocycles. The molecule has 300 valence electrons. The number of ether oxygens (including phenoxy) is 1. The second-order valence-corrected chi connectivity index (χ2v) is 15.1. The van der Waals surface area contributed by atoms with Crippen LogP contribution in [0.1, 0.15) is 226 Å². The average Bonchev–Trinajstić information content (AvgIpc) is 3.12. The lowest BCUT2D eigenvalue weighted by atomic mass is 10.0. The van der Waals surface area contributed by atoms with E-state index in [2.05, 4.69) is 38.2 Å². The molecule has 0 radical (unpaired) electrons. The van der Waals surface area contributed by atoms with E-state index in [1.807, 2.05) is 12.2 Å². The summed E-state index contributed by atoms with van der Waals surface area (Å²) in [5.41, 5.74) is 0. The summed E-state index contributed by atoms with van der Waals surface area (Å²) in [6.07, 6.45) is 42.7. The van der Waals surface area contributed by atoms with Gasteiger partial charge in [-0.3, -0.25) is 9.59 Å². The number of carbonyl (C=O) groups is 2. The fraction of sp³-hybridized carbons (Fsp3) is 0.867. The molecule has 3 unspecified atom stereocenters. The zero-order chi connectivity index (χ0) is 37.5. The Morgan fingerprint density at radius 2 is 1.04 bits per heavy atom. The van der Waals surface area contributed by atoms with E-state index in [-0.39, 0.29) is 24.9 Å². The van der Waals surface area contributed by atoms with Crippen LogP contribution in [0.3, 0.4) is 0 Å². The van der Waals surface area contributed by atoms with Crippen molar-refractivity contribution < 1.29 is 24.5 Å². The number of allylic oxidation sites excluding steroid dienone is 3. The molecule has 3 atom stereocenters. The zero-order valence-corrected chi connectivity index (χ0v) is 34.0. The molecule has 0 heterocycles. The minimum Gasteiger partial charge on any atom is -0.458 e. The minimum atomic E-state index is -0.804. The highest BCUT2D eigenvalue weighted by molar-refractivity contribution is 5.78. The molecule has 51 heavy (non-hydrogen) atoms. The van der Waals surface area contributed by atoms with Gasteiger partial charge in [-0.15, -0.1) is 0 Å². The van der Waals surface area contributed by atoms with Gasteiger partial charge < -0.3 is 20.3 Å². The highest BCUT2D eigenvalue weighted by Gasteiger charge is 2.23. The Hall–Kier alpha value is -1.66. The van der Waals surface area contributed by atoms with Crippen molar-refractivity contribution in [3.05, 3.63) is 24.3 Å². The van der Waals surface area contributed by atoms with Gasteiger partial charge in [0.25, 0.3) is 0 Å². The summed E-state index contributed by atoms with van der Waals surface area (Å²) in [6.45, 7) is 6.40. The Morgan fingerprint density at radius 1 is 0.588 bits per heavy atom. The van der Waals surface area contributed by atoms with E-state index < -0.39 is 18.2 Å². The van der Waals surface area contributed by atoms with Gasteiger partial charge in [0.1, 0.15) is 6.10 Å². The molecular weight excluding hydrogens is 634 g/mol. The number of nitrogens with one attached hydrogen (secondary N) is 1. The lowest BCUT2D eigenvalue weighted by Gasteiger charge is -2.23. The lowest BCUT2D eigenvalue weighted by molar-refractivity contribution is -0.148. The van der Waals surface area contributed by atoms with Crippen LogP contribution in [-0.4, -0.2) is 46.9 Å². The highest BCUT2D eigenvalue weighted by Crippen LogP contribution is 2.15. The Labute approximate surface area is 316 Å². The summed E-state index contributed by atoms with van der Waals surface area (Å²) in [4.78, 5) is 25.8. The first-order valence-electron chi connectivity index (χ1n) is 22.1. The lowest BCUT2D eigenvalue weighted by Crippen LogP contribution is -2.46. The first-order chi connectivity index (χ1) is 25.0. The maximum absolute atomic E-state index is 13.0. The highest BCUT2D eigenvalue weighted by atomic mass is 16.5. The summed E-state index contributed by atoms with van der Waals surface area (Å²) < 4.78 is 5.77. The van der Waals surface area contributed by atoms with Crippen LogP contribution in [-0.2, 0) is 14.3 Å². The molecule has 0 fully saturated rings. The van der Waals surface area contributed by atoms with Gasteiger partial charge in [0, 0.05) is 6.42 Å². The minimum absolute atomic E-state index is 0.0245. The van der Waals surface area contributed by atoms with Crippen LogP contribution in [0.15, 0.2) is 24.3 Å². The van der Waals surface area contributed by atoms with Gasteiger partial charge in [-0.2, -0.15) is 0 Å². The van der Waals surface area contributed by atoms with Gasteiger partial charge in [-0.25, -0.2) is 0 Å². The number of hydrogen-bond acceptors (Lipinski definition) is 5. The van der Waals surface area contributed by atoms with Gasteiger partial charge >= 0.3 is 5.97 Å². The summed E-state index contributed by atoms with van der Waals surface area (Å²) in [5, 5.41) is 23.5. The van der Waals surface area contributed by atoms with Crippen molar-refractivity contribution in [2.24, 2.45) is 0 Å². The number of hydrogen-bond donors (Lipinski definition) is 3. The molecule has 0 aromatic rings. The third-order valence-electron chi connectivity index (χ3n) is 10.0. The average molecular weight is 720 g/mol. The molecule has 0 aliphatic carbocycles. The Balaban J connectivity index is 4.65. The predicted molar refractivity (Wildman–Crippen MR) is 218 cm³/mol. The van der Waals surface area contributed by atoms with Crippen molar-refractivity contribution in [2.45, 2.75) is 244 Å². The molecule has 3 N–H and O–H groups in total. The number of amides is 1. The van der Waals surface area contributed by atoms with E-state index in [1.165, 1.54) is 135 Å². The van der Waals surface area contributed by atoms with Crippen LogP contribution in [0.25, 0.3) is 0 Å². The SMILES string of the molecule is CCCCCCCC/C=C\C/C=C/C(CC(=O)NC(CO)C(O)CCCCCCCCCCCCCC)OC(=O)CCCCCCCCCCC. The quantitative estimate of drug-likeness (QED) is 0.0334. The molecule has 6 nitrogen and oxygen atoms in total. The van der Waals surface area contributed by atoms with Crippen LogP contribution >= 0.6 is 0 Å². The summed E-state index contributed by atoms with van der Waals surface area (Å²) in [7, 11) is 0. The van der Waals surface area contributed by atoms with Crippen molar-refractivity contribution >= 4 is 11.9 Å². The number of unbranched alkanes of at least 4 members (excludes halogenated alkanes) is 25. The molecule has 0 bridgehead atoms. The van der Waals surface area contributed by atoms with Crippen LogP contribution in [0.5, 0.6) is 0 Å². The van der Waals surface area contributed by atoms with Crippen LogP contribution in [0, 0.1) is 0 Å². The van der Waals surface area contributed by atoms with Crippen molar-refractivity contribution in [1.82, 2.24) is 5.32 Å². The molecule has 6 heteroatoms. The van der Waals surface area contributed by atoms with Crippen molar-refractivity contribution in [3.8, 4) is 0 Å². The molecule has 1 amide bonds. The molecule has 0 aromatic heterocycles. The topological polar surface area (TPSA) is 95.9 Å². The fourth-order valence-corrected chi connectivity index (χ4v) is 6.63. The smallest absolute Gasteiger partial charge is 0.306 e. The standard InChI is InChI=1S/C45H85NO5/c1-4-7-10-13-16-19-21-23-26-28-31-34-37-43(48)42(40-47)46-44(49)39-41(36-33-30-27-25-22-20-17-14-11-8-5-2)51-45(50)38-35-32-29-24-18-15-12-9-6-3/h25,27,33,36,41-43,47-48H,4-24,26,28-32,34-35,37-40H2,1-3H3,(H,46,49)/b27-25-,36-33+. The van der Waals surface area contributed by atoms with Crippen LogP contribution < -0.4 is 5.32 Å². The second kappa shape index (κ2) is 39.5.